The van der Waals surface area contributed by atoms with Crippen LogP contribution in [0.25, 0.3) is 0 Å². The number of hydrogen-bond donors (Lipinski definition) is 0. The van der Waals surface area contributed by atoms with Gasteiger partial charge in [-0.2, -0.15) is 5.01 Å². The van der Waals surface area contributed by atoms with E-state index in [1.54, 1.807) is 6.20 Å². The highest BCUT2D eigenvalue weighted by molar-refractivity contribution is 7.80. The molecule has 0 spiro atoms. The first-order chi connectivity index (χ1) is 7.79. The summed E-state index contributed by atoms with van der Waals surface area (Å²) in [5, 5.41) is 5.46. The van der Waals surface area contributed by atoms with E-state index in [2.05, 4.69) is 33.0 Å². The summed E-state index contributed by atoms with van der Waals surface area (Å²) >= 11 is 5.45. The van der Waals surface area contributed by atoms with Crippen molar-refractivity contribution in [3.05, 3.63) is 30.1 Å². The van der Waals surface area contributed by atoms with Crippen LogP contribution in [0, 0.1) is 0 Å². The van der Waals surface area contributed by atoms with Crippen LogP contribution >= 0.6 is 12.2 Å². The van der Waals surface area contributed by atoms with E-state index in [0.717, 1.165) is 18.2 Å². The predicted octanol–water partition coefficient (Wildman–Crippen LogP) is 1.23. The SMILES string of the molecule is CN1C(=S)N2CCCN2[C@H]1c1cccnc1. The third kappa shape index (κ3) is 1.32. The molecule has 1 atom stereocenters. The monoisotopic (exact) mass is 234 g/mol. The Labute approximate surface area is 100 Å². The molecular weight excluding hydrogens is 220 g/mol. The molecule has 3 heterocycles. The zero-order valence-electron chi connectivity index (χ0n) is 9.21. The fourth-order valence-corrected chi connectivity index (χ4v) is 2.80. The lowest BCUT2D eigenvalue weighted by Gasteiger charge is -2.25. The van der Waals surface area contributed by atoms with Crippen molar-refractivity contribution < 1.29 is 0 Å². The summed E-state index contributed by atoms with van der Waals surface area (Å²) in [5.74, 6) is 0. The van der Waals surface area contributed by atoms with Gasteiger partial charge in [-0.05, 0) is 24.7 Å². The molecule has 0 amide bonds. The first-order valence-electron chi connectivity index (χ1n) is 5.50. The predicted molar refractivity (Wildman–Crippen MR) is 65.4 cm³/mol. The smallest absolute Gasteiger partial charge is 0.187 e. The fraction of sp³-hybridized carbons (Fsp3) is 0.455. The summed E-state index contributed by atoms with van der Waals surface area (Å²) in [7, 11) is 2.05. The minimum Gasteiger partial charge on any atom is -0.330 e. The van der Waals surface area contributed by atoms with Gasteiger partial charge < -0.3 is 4.90 Å². The van der Waals surface area contributed by atoms with Crippen molar-refractivity contribution in [1.82, 2.24) is 19.9 Å². The summed E-state index contributed by atoms with van der Waals surface area (Å²) in [6.07, 6.45) is 5.14. The molecule has 5 heteroatoms. The number of fused-ring (bicyclic) bond motifs is 1. The second-order valence-electron chi connectivity index (χ2n) is 4.19. The number of thiocarbonyl (C=S) groups is 1. The highest BCUT2D eigenvalue weighted by atomic mass is 32.1. The summed E-state index contributed by atoms with van der Waals surface area (Å²) in [6, 6.07) is 4.09. The van der Waals surface area contributed by atoms with Crippen molar-refractivity contribution in [2.24, 2.45) is 0 Å². The van der Waals surface area contributed by atoms with Crippen molar-refractivity contribution in [1.29, 1.82) is 0 Å². The quantitative estimate of drug-likeness (QED) is 0.680. The third-order valence-electron chi connectivity index (χ3n) is 3.22. The largest absolute Gasteiger partial charge is 0.330 e. The average molecular weight is 234 g/mol. The summed E-state index contributed by atoms with van der Waals surface area (Å²) in [5.41, 5.74) is 1.21. The van der Waals surface area contributed by atoms with Crippen LogP contribution in [0.5, 0.6) is 0 Å². The number of hydrazine groups is 1. The summed E-state index contributed by atoms with van der Waals surface area (Å²) in [4.78, 5) is 6.33. The normalized spacial score (nSPS) is 25.3. The Morgan fingerprint density at radius 2 is 2.31 bits per heavy atom. The van der Waals surface area contributed by atoms with Crippen molar-refractivity contribution >= 4 is 17.3 Å². The number of hydrogen-bond acceptors (Lipinski definition) is 3. The Hall–Kier alpha value is -1.20. The Kier molecular flexibility index (Phi) is 2.29. The number of pyridine rings is 1. The minimum absolute atomic E-state index is 0.226. The van der Waals surface area contributed by atoms with Crippen LogP contribution in [0.15, 0.2) is 24.5 Å². The molecule has 0 saturated carbocycles. The third-order valence-corrected chi connectivity index (χ3v) is 3.72. The molecule has 3 rings (SSSR count). The Bertz CT molecular complexity index is 408. The van der Waals surface area contributed by atoms with Gasteiger partial charge >= 0.3 is 0 Å². The van der Waals surface area contributed by atoms with E-state index < -0.39 is 0 Å². The number of rotatable bonds is 1. The summed E-state index contributed by atoms with van der Waals surface area (Å²) in [6.45, 7) is 2.12. The molecule has 2 fully saturated rings. The molecule has 0 N–H and O–H groups in total. The van der Waals surface area contributed by atoms with E-state index in [9.17, 15) is 0 Å². The first-order valence-corrected chi connectivity index (χ1v) is 5.90. The van der Waals surface area contributed by atoms with Crippen LogP contribution in [0.2, 0.25) is 0 Å². The van der Waals surface area contributed by atoms with Gasteiger partial charge in [0.05, 0.1) is 0 Å². The van der Waals surface area contributed by atoms with Gasteiger partial charge in [-0.1, -0.05) is 6.07 Å². The van der Waals surface area contributed by atoms with Crippen LogP contribution in [-0.4, -0.2) is 45.2 Å². The minimum atomic E-state index is 0.226. The molecule has 0 aromatic carbocycles. The van der Waals surface area contributed by atoms with Gasteiger partial charge in [0.25, 0.3) is 0 Å². The topological polar surface area (TPSA) is 22.6 Å². The maximum absolute atomic E-state index is 5.45. The van der Waals surface area contributed by atoms with Crippen LogP contribution in [0.4, 0.5) is 0 Å². The summed E-state index contributed by atoms with van der Waals surface area (Å²) < 4.78 is 0. The molecule has 2 aliphatic rings. The zero-order chi connectivity index (χ0) is 11.1. The lowest BCUT2D eigenvalue weighted by molar-refractivity contribution is 0.0607. The standard InChI is InChI=1S/C11H14N4S/c1-13-10(9-4-2-5-12-8-9)14-6-3-7-15(14)11(13)16/h2,4-5,8,10H,3,6-7H2,1H3/t10-/m0/s1. The molecule has 16 heavy (non-hydrogen) atoms. The van der Waals surface area contributed by atoms with E-state index in [-0.39, 0.29) is 6.17 Å². The van der Waals surface area contributed by atoms with Crippen LogP contribution in [-0.2, 0) is 0 Å². The molecule has 0 bridgehead atoms. The number of nitrogens with zero attached hydrogens (tertiary/aromatic N) is 4. The second kappa shape index (κ2) is 3.68. The van der Waals surface area contributed by atoms with Gasteiger partial charge in [0.15, 0.2) is 5.11 Å². The van der Waals surface area contributed by atoms with E-state index in [4.69, 9.17) is 12.2 Å². The molecule has 2 aliphatic heterocycles. The van der Waals surface area contributed by atoms with Crippen molar-refractivity contribution in [3.63, 3.8) is 0 Å². The maximum Gasteiger partial charge on any atom is 0.187 e. The van der Waals surface area contributed by atoms with Gasteiger partial charge in [-0.25, -0.2) is 0 Å². The van der Waals surface area contributed by atoms with Gasteiger partial charge in [0.2, 0.25) is 0 Å². The maximum atomic E-state index is 5.45. The highest BCUT2D eigenvalue weighted by Crippen LogP contribution is 2.35. The van der Waals surface area contributed by atoms with E-state index in [1.165, 1.54) is 12.0 Å². The van der Waals surface area contributed by atoms with Crippen LogP contribution in [0.1, 0.15) is 18.2 Å². The molecule has 1 aromatic rings. The van der Waals surface area contributed by atoms with Crippen molar-refractivity contribution in [2.75, 3.05) is 20.1 Å². The Balaban J connectivity index is 1.98. The average Bonchev–Trinajstić information content (AvgIpc) is 2.86. The lowest BCUT2D eigenvalue weighted by Crippen LogP contribution is -2.32. The molecule has 1 aromatic heterocycles. The van der Waals surface area contributed by atoms with Crippen molar-refractivity contribution in [3.8, 4) is 0 Å². The van der Waals surface area contributed by atoms with E-state index in [1.807, 2.05) is 12.3 Å². The van der Waals surface area contributed by atoms with E-state index >= 15 is 0 Å². The second-order valence-corrected chi connectivity index (χ2v) is 4.56. The molecule has 0 aliphatic carbocycles. The molecule has 0 radical (unpaired) electrons. The van der Waals surface area contributed by atoms with Gasteiger partial charge in [-0.3, -0.25) is 9.99 Å². The Morgan fingerprint density at radius 3 is 3.06 bits per heavy atom. The van der Waals surface area contributed by atoms with Crippen LogP contribution in [0.3, 0.4) is 0 Å². The Morgan fingerprint density at radius 1 is 1.44 bits per heavy atom. The fourth-order valence-electron chi connectivity index (χ4n) is 2.50. The lowest BCUT2D eigenvalue weighted by atomic mass is 10.2. The zero-order valence-corrected chi connectivity index (χ0v) is 10.0. The molecule has 84 valence electrons. The van der Waals surface area contributed by atoms with Gasteiger partial charge in [-0.15, -0.1) is 0 Å². The first kappa shape index (κ1) is 9.99. The molecule has 4 nitrogen and oxygen atoms in total. The highest BCUT2D eigenvalue weighted by Gasteiger charge is 2.42. The van der Waals surface area contributed by atoms with Gasteiger partial charge in [0, 0.05) is 38.1 Å². The molecule has 2 saturated heterocycles. The molecule has 0 unspecified atom stereocenters. The number of aromatic nitrogens is 1. The van der Waals surface area contributed by atoms with Gasteiger partial charge in [0.1, 0.15) is 6.17 Å². The van der Waals surface area contributed by atoms with E-state index in [0.29, 0.717) is 0 Å². The van der Waals surface area contributed by atoms with Crippen LogP contribution < -0.4 is 0 Å². The van der Waals surface area contributed by atoms with Crippen molar-refractivity contribution in [2.45, 2.75) is 12.6 Å². The molecular formula is C11H14N4S.